The lowest BCUT2D eigenvalue weighted by Gasteiger charge is -2.33. The van der Waals surface area contributed by atoms with Gasteiger partial charge in [0.2, 0.25) is 10.0 Å². The molecule has 0 radical (unpaired) electrons. The molecule has 10 heteroatoms. The van der Waals surface area contributed by atoms with Crippen molar-refractivity contribution < 1.29 is 16.8 Å². The van der Waals surface area contributed by atoms with Gasteiger partial charge in [-0.3, -0.25) is 0 Å². The van der Waals surface area contributed by atoms with Gasteiger partial charge in [-0.2, -0.15) is 16.1 Å². The van der Waals surface area contributed by atoms with Crippen molar-refractivity contribution >= 4 is 43.2 Å². The van der Waals surface area contributed by atoms with E-state index in [0.717, 1.165) is 4.31 Å². The van der Waals surface area contributed by atoms with Gasteiger partial charge < -0.3 is 0 Å². The van der Waals surface area contributed by atoms with Crippen LogP contribution in [0.2, 0.25) is 5.15 Å². The zero-order valence-corrected chi connectivity index (χ0v) is 14.5. The molecular formula is C11H15ClN2O4S3. The standard InChI is InChI=1S/C11H15ClN2O4S3/c1-2-20(15,16)11-8-19-6-5-14(11)21(17,18)9-3-4-13-10(12)7-9/h3-4,7,11H,2,5-6,8H2,1H3. The fraction of sp³-hybridized carbons (Fsp3) is 0.545. The molecule has 1 saturated heterocycles. The Morgan fingerprint density at radius 2 is 2.14 bits per heavy atom. The molecule has 2 rings (SSSR count). The number of thioether (sulfide) groups is 1. The molecule has 21 heavy (non-hydrogen) atoms. The highest BCUT2D eigenvalue weighted by Crippen LogP contribution is 2.28. The van der Waals surface area contributed by atoms with Crippen LogP contribution in [0.15, 0.2) is 23.2 Å². The molecule has 1 aliphatic rings. The topological polar surface area (TPSA) is 84.4 Å². The first-order chi connectivity index (χ1) is 9.79. The zero-order chi connectivity index (χ0) is 15.7. The number of hydrogen-bond acceptors (Lipinski definition) is 6. The Hall–Kier alpha value is -0.350. The molecule has 6 nitrogen and oxygen atoms in total. The molecule has 0 aliphatic carbocycles. The van der Waals surface area contributed by atoms with E-state index in [9.17, 15) is 16.8 Å². The Bertz CT molecular complexity index is 721. The van der Waals surface area contributed by atoms with Crippen molar-refractivity contribution in [2.24, 2.45) is 0 Å². The van der Waals surface area contributed by atoms with E-state index >= 15 is 0 Å². The number of aromatic nitrogens is 1. The molecule has 1 aromatic heterocycles. The van der Waals surface area contributed by atoms with Crippen LogP contribution in [0.5, 0.6) is 0 Å². The average Bonchev–Trinajstić information content (AvgIpc) is 2.47. The van der Waals surface area contributed by atoms with Crippen molar-refractivity contribution in [3.05, 3.63) is 23.5 Å². The zero-order valence-electron chi connectivity index (χ0n) is 11.3. The van der Waals surface area contributed by atoms with Crippen molar-refractivity contribution in [2.45, 2.75) is 17.2 Å². The third-order valence-corrected chi connectivity index (χ3v) is 8.69. The summed E-state index contributed by atoms with van der Waals surface area (Å²) >= 11 is 7.17. The van der Waals surface area contributed by atoms with Crippen molar-refractivity contribution in [2.75, 3.05) is 23.8 Å². The number of hydrogen-bond donors (Lipinski definition) is 0. The summed E-state index contributed by atoms with van der Waals surface area (Å²) in [5, 5.41) is -0.976. The maximum absolute atomic E-state index is 12.7. The predicted octanol–water partition coefficient (Wildman–Crippen LogP) is 1.23. The van der Waals surface area contributed by atoms with E-state index in [-0.39, 0.29) is 28.1 Å². The maximum Gasteiger partial charge on any atom is 0.244 e. The maximum atomic E-state index is 12.7. The van der Waals surface area contributed by atoms with Crippen molar-refractivity contribution in [1.29, 1.82) is 0 Å². The molecule has 0 saturated carbocycles. The highest BCUT2D eigenvalue weighted by Gasteiger charge is 2.40. The van der Waals surface area contributed by atoms with Crippen molar-refractivity contribution in [3.63, 3.8) is 0 Å². The second-order valence-corrected chi connectivity index (χ2v) is 10.3. The molecule has 1 atom stereocenters. The van der Waals surface area contributed by atoms with Gasteiger partial charge in [0.05, 0.1) is 4.90 Å². The van der Waals surface area contributed by atoms with Crippen LogP contribution in [-0.2, 0) is 19.9 Å². The second kappa shape index (κ2) is 6.41. The number of pyridine rings is 1. The Balaban J connectivity index is 2.46. The smallest absolute Gasteiger partial charge is 0.244 e. The van der Waals surface area contributed by atoms with Gasteiger partial charge in [-0.15, -0.1) is 0 Å². The second-order valence-electron chi connectivity index (χ2n) is 4.41. The summed E-state index contributed by atoms with van der Waals surface area (Å²) in [7, 11) is -7.40. The van der Waals surface area contributed by atoms with Gasteiger partial charge in [-0.05, 0) is 12.1 Å². The van der Waals surface area contributed by atoms with Crippen LogP contribution < -0.4 is 0 Å². The Labute approximate surface area is 133 Å². The minimum Gasteiger partial charge on any atom is -0.244 e. The van der Waals surface area contributed by atoms with Gasteiger partial charge >= 0.3 is 0 Å². The lowest BCUT2D eigenvalue weighted by molar-refractivity contribution is 0.404. The molecule has 0 amide bonds. The molecule has 1 aromatic rings. The van der Waals surface area contributed by atoms with E-state index in [1.54, 1.807) is 0 Å². The summed E-state index contributed by atoms with van der Waals surface area (Å²) in [6, 6.07) is 2.55. The van der Waals surface area contributed by atoms with Gasteiger partial charge in [-0.1, -0.05) is 18.5 Å². The van der Waals surface area contributed by atoms with E-state index < -0.39 is 25.2 Å². The summed E-state index contributed by atoms with van der Waals surface area (Å²) in [5.74, 6) is 0.712. The lowest BCUT2D eigenvalue weighted by atomic mass is 10.5. The minimum atomic E-state index is -3.91. The summed E-state index contributed by atoms with van der Waals surface area (Å²) in [6.45, 7) is 1.68. The first kappa shape index (κ1) is 17.0. The summed E-state index contributed by atoms with van der Waals surface area (Å²) in [5.41, 5.74) is 0. The van der Waals surface area contributed by atoms with Crippen LogP contribution in [0.3, 0.4) is 0 Å². The van der Waals surface area contributed by atoms with E-state index in [4.69, 9.17) is 11.6 Å². The molecule has 1 unspecified atom stereocenters. The van der Waals surface area contributed by atoms with Crippen LogP contribution >= 0.6 is 23.4 Å². The Kier molecular flexibility index (Phi) is 5.19. The van der Waals surface area contributed by atoms with Gasteiger partial charge in [0, 0.05) is 30.0 Å². The highest BCUT2D eigenvalue weighted by molar-refractivity contribution is 8.01. The highest BCUT2D eigenvalue weighted by atomic mass is 35.5. The molecule has 0 N–H and O–H groups in total. The number of halogens is 1. The molecule has 2 heterocycles. The first-order valence-electron chi connectivity index (χ1n) is 6.22. The number of nitrogens with zero attached hydrogens (tertiary/aromatic N) is 2. The molecule has 0 bridgehead atoms. The third-order valence-electron chi connectivity index (χ3n) is 3.16. The molecule has 0 aromatic carbocycles. The summed E-state index contributed by atoms with van der Waals surface area (Å²) in [4.78, 5) is 3.71. The fourth-order valence-electron chi connectivity index (χ4n) is 2.00. The monoisotopic (exact) mass is 370 g/mol. The van der Waals surface area contributed by atoms with E-state index in [0.29, 0.717) is 5.75 Å². The Morgan fingerprint density at radius 1 is 1.43 bits per heavy atom. The molecule has 118 valence electrons. The molecule has 1 fully saturated rings. The van der Waals surface area contributed by atoms with E-state index in [1.165, 1.54) is 37.0 Å². The van der Waals surface area contributed by atoms with Crippen molar-refractivity contribution in [3.8, 4) is 0 Å². The van der Waals surface area contributed by atoms with Crippen molar-refractivity contribution in [1.82, 2.24) is 9.29 Å². The number of sulfone groups is 1. The largest absolute Gasteiger partial charge is 0.244 e. The normalized spacial score (nSPS) is 21.3. The Morgan fingerprint density at radius 3 is 2.76 bits per heavy atom. The average molecular weight is 371 g/mol. The molecular weight excluding hydrogens is 356 g/mol. The quantitative estimate of drug-likeness (QED) is 0.741. The van der Waals surface area contributed by atoms with Crippen LogP contribution in [0.1, 0.15) is 6.92 Å². The van der Waals surface area contributed by atoms with Crippen LogP contribution in [0.25, 0.3) is 0 Å². The predicted molar refractivity (Wildman–Crippen MR) is 83.7 cm³/mol. The SMILES string of the molecule is CCS(=O)(=O)C1CSCCN1S(=O)(=O)c1ccnc(Cl)c1. The van der Waals surface area contributed by atoms with Gasteiger partial charge in [0.25, 0.3) is 0 Å². The fourth-order valence-corrected chi connectivity index (χ4v) is 7.50. The molecule has 1 aliphatic heterocycles. The summed E-state index contributed by atoms with van der Waals surface area (Å²) in [6.07, 6.45) is 1.29. The van der Waals surface area contributed by atoms with Crippen LogP contribution in [0, 0.1) is 0 Å². The van der Waals surface area contributed by atoms with E-state index in [1.807, 2.05) is 0 Å². The van der Waals surface area contributed by atoms with Gasteiger partial charge in [0.1, 0.15) is 10.5 Å². The minimum absolute atomic E-state index is 0.0364. The molecule has 0 spiro atoms. The van der Waals surface area contributed by atoms with E-state index in [2.05, 4.69) is 4.98 Å². The number of rotatable bonds is 4. The van der Waals surface area contributed by atoms with Crippen LogP contribution in [-0.4, -0.2) is 55.3 Å². The lowest BCUT2D eigenvalue weighted by Crippen LogP contribution is -2.50. The van der Waals surface area contributed by atoms with Gasteiger partial charge in [-0.25, -0.2) is 21.8 Å². The number of sulfonamides is 1. The van der Waals surface area contributed by atoms with Crippen LogP contribution in [0.4, 0.5) is 0 Å². The first-order valence-corrected chi connectivity index (χ1v) is 10.9. The van der Waals surface area contributed by atoms with Gasteiger partial charge in [0.15, 0.2) is 9.84 Å². The summed E-state index contributed by atoms with van der Waals surface area (Å²) < 4.78 is 50.7. The third kappa shape index (κ3) is 3.53.